The molecule has 2 heterocycles. The van der Waals surface area contributed by atoms with Crippen molar-refractivity contribution in [3.63, 3.8) is 0 Å². The Labute approximate surface area is 87.6 Å². The number of aliphatic hydroxyl groups is 1. The lowest BCUT2D eigenvalue weighted by Crippen LogP contribution is -2.04. The molecular weight excluding hydrogens is 192 g/mol. The molecule has 0 spiro atoms. The number of aliphatic hydroxyl groups excluding tert-OH is 1. The summed E-state index contributed by atoms with van der Waals surface area (Å²) in [6.07, 6.45) is 2.85. The van der Waals surface area contributed by atoms with E-state index in [0.29, 0.717) is 18.5 Å². The molecule has 0 aliphatic heterocycles. The summed E-state index contributed by atoms with van der Waals surface area (Å²) in [4.78, 5) is 0. The SMILES string of the molecule is CC(O)CCc1nnc2ccc(N)cn12. The Bertz CT molecular complexity index is 463. The van der Waals surface area contributed by atoms with Gasteiger partial charge in [0.05, 0.1) is 6.10 Å². The summed E-state index contributed by atoms with van der Waals surface area (Å²) in [7, 11) is 0. The van der Waals surface area contributed by atoms with Crippen molar-refractivity contribution in [3.8, 4) is 0 Å². The largest absolute Gasteiger partial charge is 0.398 e. The molecule has 3 N–H and O–H groups in total. The van der Waals surface area contributed by atoms with E-state index in [2.05, 4.69) is 10.2 Å². The quantitative estimate of drug-likeness (QED) is 0.772. The number of aryl methyl sites for hydroxylation is 1. The highest BCUT2D eigenvalue weighted by atomic mass is 16.3. The normalized spacial score (nSPS) is 13.2. The summed E-state index contributed by atoms with van der Waals surface area (Å²) in [5, 5.41) is 17.3. The first-order chi connectivity index (χ1) is 7.16. The van der Waals surface area contributed by atoms with Crippen LogP contribution in [0.5, 0.6) is 0 Å². The van der Waals surface area contributed by atoms with Crippen molar-refractivity contribution < 1.29 is 5.11 Å². The van der Waals surface area contributed by atoms with Gasteiger partial charge < -0.3 is 10.8 Å². The minimum Gasteiger partial charge on any atom is -0.398 e. The lowest BCUT2D eigenvalue weighted by molar-refractivity contribution is 0.184. The van der Waals surface area contributed by atoms with Crippen molar-refractivity contribution in [2.75, 3.05) is 5.73 Å². The van der Waals surface area contributed by atoms with Gasteiger partial charge in [-0.05, 0) is 25.5 Å². The number of nitrogens with zero attached hydrogens (tertiary/aromatic N) is 3. The first kappa shape index (κ1) is 9.92. The van der Waals surface area contributed by atoms with Gasteiger partial charge in [-0.1, -0.05) is 0 Å². The minimum atomic E-state index is -0.321. The molecule has 5 heteroatoms. The average molecular weight is 206 g/mol. The second-order valence-electron chi connectivity index (χ2n) is 3.69. The number of pyridine rings is 1. The van der Waals surface area contributed by atoms with Gasteiger partial charge in [-0.2, -0.15) is 0 Å². The second-order valence-corrected chi connectivity index (χ2v) is 3.69. The Hall–Kier alpha value is -1.62. The van der Waals surface area contributed by atoms with Crippen LogP contribution in [0.1, 0.15) is 19.2 Å². The molecule has 0 saturated carbocycles. The number of hydrogen-bond donors (Lipinski definition) is 2. The number of nitrogen functional groups attached to an aromatic ring is 1. The molecule has 0 aliphatic rings. The number of nitrogens with two attached hydrogens (primary N) is 1. The van der Waals surface area contributed by atoms with Gasteiger partial charge in [0.25, 0.3) is 0 Å². The van der Waals surface area contributed by atoms with E-state index >= 15 is 0 Å². The molecule has 0 saturated heterocycles. The van der Waals surface area contributed by atoms with Crippen LogP contribution >= 0.6 is 0 Å². The van der Waals surface area contributed by atoms with E-state index in [0.717, 1.165) is 11.5 Å². The van der Waals surface area contributed by atoms with Crippen molar-refractivity contribution in [2.24, 2.45) is 0 Å². The van der Waals surface area contributed by atoms with Crippen LogP contribution in [-0.2, 0) is 6.42 Å². The van der Waals surface area contributed by atoms with Crippen molar-refractivity contribution in [1.82, 2.24) is 14.6 Å². The third kappa shape index (κ3) is 2.07. The maximum Gasteiger partial charge on any atom is 0.160 e. The molecule has 0 aliphatic carbocycles. The number of fused-ring (bicyclic) bond motifs is 1. The molecular formula is C10H14N4O. The molecule has 1 atom stereocenters. The van der Waals surface area contributed by atoms with Gasteiger partial charge in [0, 0.05) is 18.3 Å². The molecule has 80 valence electrons. The van der Waals surface area contributed by atoms with Gasteiger partial charge in [-0.25, -0.2) is 0 Å². The fraction of sp³-hybridized carbons (Fsp3) is 0.400. The van der Waals surface area contributed by atoms with E-state index in [1.165, 1.54) is 0 Å². The molecule has 0 aromatic carbocycles. The van der Waals surface area contributed by atoms with Crippen molar-refractivity contribution in [3.05, 3.63) is 24.2 Å². The molecule has 2 rings (SSSR count). The lowest BCUT2D eigenvalue weighted by atomic mass is 10.2. The Kier molecular flexibility index (Phi) is 2.55. The summed E-state index contributed by atoms with van der Waals surface area (Å²) in [6, 6.07) is 3.62. The molecule has 0 amide bonds. The maximum absolute atomic E-state index is 9.20. The highest BCUT2D eigenvalue weighted by molar-refractivity contribution is 5.47. The highest BCUT2D eigenvalue weighted by Gasteiger charge is 2.06. The number of aromatic nitrogens is 3. The van der Waals surface area contributed by atoms with Crippen molar-refractivity contribution in [1.29, 1.82) is 0 Å². The fourth-order valence-corrected chi connectivity index (χ4v) is 1.46. The van der Waals surface area contributed by atoms with Crippen LogP contribution < -0.4 is 5.73 Å². The zero-order valence-corrected chi connectivity index (χ0v) is 8.59. The minimum absolute atomic E-state index is 0.321. The molecule has 2 aromatic rings. The summed E-state index contributed by atoms with van der Waals surface area (Å²) in [6.45, 7) is 1.76. The Morgan fingerprint density at radius 2 is 2.27 bits per heavy atom. The van der Waals surface area contributed by atoms with Crippen LogP contribution in [0.15, 0.2) is 18.3 Å². The number of anilines is 1. The number of rotatable bonds is 3. The van der Waals surface area contributed by atoms with Crippen LogP contribution in [-0.4, -0.2) is 25.8 Å². The van der Waals surface area contributed by atoms with Crippen LogP contribution in [0.25, 0.3) is 5.65 Å². The van der Waals surface area contributed by atoms with Gasteiger partial charge in [-0.15, -0.1) is 10.2 Å². The first-order valence-electron chi connectivity index (χ1n) is 4.94. The fourth-order valence-electron chi connectivity index (χ4n) is 1.46. The zero-order valence-electron chi connectivity index (χ0n) is 8.59. The third-order valence-corrected chi connectivity index (χ3v) is 2.28. The lowest BCUT2D eigenvalue weighted by Gasteiger charge is -2.02. The molecule has 0 fully saturated rings. The predicted molar refractivity (Wildman–Crippen MR) is 57.4 cm³/mol. The van der Waals surface area contributed by atoms with Gasteiger partial charge in [0.2, 0.25) is 0 Å². The van der Waals surface area contributed by atoms with E-state index in [4.69, 9.17) is 5.73 Å². The van der Waals surface area contributed by atoms with Gasteiger partial charge in [0.1, 0.15) is 5.82 Å². The average Bonchev–Trinajstić information content (AvgIpc) is 2.57. The molecule has 0 bridgehead atoms. The smallest absolute Gasteiger partial charge is 0.160 e. The molecule has 0 radical (unpaired) electrons. The van der Waals surface area contributed by atoms with Crippen LogP contribution in [0.4, 0.5) is 5.69 Å². The van der Waals surface area contributed by atoms with E-state index in [9.17, 15) is 5.11 Å². The van der Waals surface area contributed by atoms with Crippen LogP contribution in [0.3, 0.4) is 0 Å². The van der Waals surface area contributed by atoms with Gasteiger partial charge in [0.15, 0.2) is 5.65 Å². The van der Waals surface area contributed by atoms with Gasteiger partial charge >= 0.3 is 0 Å². The summed E-state index contributed by atoms with van der Waals surface area (Å²) >= 11 is 0. The summed E-state index contributed by atoms with van der Waals surface area (Å²) in [5.41, 5.74) is 7.15. The zero-order chi connectivity index (χ0) is 10.8. The van der Waals surface area contributed by atoms with Crippen molar-refractivity contribution >= 4 is 11.3 Å². The Balaban J connectivity index is 2.31. The third-order valence-electron chi connectivity index (χ3n) is 2.28. The highest BCUT2D eigenvalue weighted by Crippen LogP contribution is 2.10. The molecule has 5 nitrogen and oxygen atoms in total. The van der Waals surface area contributed by atoms with Crippen molar-refractivity contribution in [2.45, 2.75) is 25.9 Å². The van der Waals surface area contributed by atoms with Crippen LogP contribution in [0, 0.1) is 0 Å². The molecule has 1 unspecified atom stereocenters. The molecule has 15 heavy (non-hydrogen) atoms. The predicted octanol–water partition coefficient (Wildman–Crippen LogP) is 0.625. The number of hydrogen-bond acceptors (Lipinski definition) is 4. The van der Waals surface area contributed by atoms with Crippen LogP contribution in [0.2, 0.25) is 0 Å². The topological polar surface area (TPSA) is 76.4 Å². The summed E-state index contributed by atoms with van der Waals surface area (Å²) < 4.78 is 1.86. The Morgan fingerprint density at radius 1 is 1.47 bits per heavy atom. The van der Waals surface area contributed by atoms with E-state index in [1.54, 1.807) is 19.2 Å². The standard InChI is InChI=1S/C10H14N4O/c1-7(15)2-4-9-12-13-10-5-3-8(11)6-14(9)10/h3,5-7,15H,2,4,11H2,1H3. The van der Waals surface area contributed by atoms with E-state index in [-0.39, 0.29) is 6.10 Å². The van der Waals surface area contributed by atoms with Gasteiger partial charge in [-0.3, -0.25) is 4.40 Å². The Morgan fingerprint density at radius 3 is 3.00 bits per heavy atom. The van der Waals surface area contributed by atoms with E-state index < -0.39 is 0 Å². The summed E-state index contributed by atoms with van der Waals surface area (Å²) in [5.74, 6) is 0.832. The maximum atomic E-state index is 9.20. The monoisotopic (exact) mass is 206 g/mol. The van der Waals surface area contributed by atoms with E-state index in [1.807, 2.05) is 10.5 Å². The first-order valence-corrected chi connectivity index (χ1v) is 4.94. The second kappa shape index (κ2) is 3.86. The molecule has 2 aromatic heterocycles.